The smallest absolute Gasteiger partial charge is 0.203 e. The van der Waals surface area contributed by atoms with Crippen LogP contribution in [0.5, 0.6) is 0 Å². The first-order chi connectivity index (χ1) is 8.28. The second-order valence-electron chi connectivity index (χ2n) is 5.30. The van der Waals surface area contributed by atoms with Gasteiger partial charge in [-0.05, 0) is 39.0 Å². The number of ether oxygens (including phenoxy) is 1. The summed E-state index contributed by atoms with van der Waals surface area (Å²) in [6.07, 6.45) is 8.70. The van der Waals surface area contributed by atoms with Crippen LogP contribution in [0, 0.1) is 6.92 Å². The minimum Gasteiger partial charge on any atom is -0.379 e. The first-order valence-electron chi connectivity index (χ1n) is 6.62. The lowest BCUT2D eigenvalue weighted by atomic mass is 10.2. The molecule has 17 heavy (non-hydrogen) atoms. The molecule has 0 bridgehead atoms. The summed E-state index contributed by atoms with van der Waals surface area (Å²) in [5.74, 6) is 1.04. The first kappa shape index (κ1) is 11.1. The predicted octanol–water partition coefficient (Wildman–Crippen LogP) is 2.51. The Kier molecular flexibility index (Phi) is 2.82. The van der Waals surface area contributed by atoms with Crippen LogP contribution in [0.4, 0.5) is 5.95 Å². The highest BCUT2D eigenvalue weighted by atomic mass is 16.5. The van der Waals surface area contributed by atoms with Crippen molar-refractivity contribution >= 4 is 5.95 Å². The molecular weight excluding hydrogens is 214 g/mol. The van der Waals surface area contributed by atoms with Crippen LogP contribution in [0.15, 0.2) is 6.20 Å². The lowest BCUT2D eigenvalue weighted by Crippen LogP contribution is -2.30. The molecule has 2 atom stereocenters. The van der Waals surface area contributed by atoms with Gasteiger partial charge in [0.15, 0.2) is 0 Å². The third-order valence-corrected chi connectivity index (χ3v) is 3.86. The maximum atomic E-state index is 5.52. The summed E-state index contributed by atoms with van der Waals surface area (Å²) in [4.78, 5) is 4.60. The maximum Gasteiger partial charge on any atom is 0.203 e. The highest BCUT2D eigenvalue weighted by Crippen LogP contribution is 2.38. The van der Waals surface area contributed by atoms with E-state index in [2.05, 4.69) is 28.0 Å². The molecule has 2 aliphatic rings. The Morgan fingerprint density at radius 3 is 2.88 bits per heavy atom. The van der Waals surface area contributed by atoms with Gasteiger partial charge in [0.05, 0.1) is 17.8 Å². The minimum absolute atomic E-state index is 0.347. The van der Waals surface area contributed by atoms with Crippen LogP contribution in [0.3, 0.4) is 0 Å². The fraction of sp³-hybridized carbons (Fsp3) is 0.769. The number of nitrogens with zero attached hydrogens (tertiary/aromatic N) is 2. The molecule has 2 unspecified atom stereocenters. The van der Waals surface area contributed by atoms with Crippen LogP contribution in [-0.2, 0) is 4.74 Å². The van der Waals surface area contributed by atoms with Gasteiger partial charge in [-0.2, -0.15) is 0 Å². The summed E-state index contributed by atoms with van der Waals surface area (Å²) in [6, 6.07) is 1.11. The van der Waals surface area contributed by atoms with E-state index in [0.717, 1.165) is 18.1 Å². The number of imidazole rings is 1. The summed E-state index contributed by atoms with van der Waals surface area (Å²) in [5.41, 5.74) is 1.10. The summed E-state index contributed by atoms with van der Waals surface area (Å²) >= 11 is 0. The van der Waals surface area contributed by atoms with Gasteiger partial charge in [-0.15, -0.1) is 0 Å². The van der Waals surface area contributed by atoms with E-state index in [0.29, 0.717) is 18.2 Å². The average Bonchev–Trinajstić information content (AvgIpc) is 2.96. The molecule has 2 aliphatic carbocycles. The third kappa shape index (κ3) is 2.18. The van der Waals surface area contributed by atoms with Crippen molar-refractivity contribution in [1.29, 1.82) is 0 Å². The van der Waals surface area contributed by atoms with Gasteiger partial charge in [0.1, 0.15) is 0 Å². The van der Waals surface area contributed by atoms with Gasteiger partial charge in [-0.1, -0.05) is 0 Å². The van der Waals surface area contributed by atoms with E-state index >= 15 is 0 Å². The number of aromatic nitrogens is 2. The van der Waals surface area contributed by atoms with Crippen molar-refractivity contribution in [1.82, 2.24) is 9.55 Å². The Labute approximate surface area is 102 Å². The molecule has 0 spiro atoms. The second-order valence-corrected chi connectivity index (χ2v) is 5.30. The summed E-state index contributed by atoms with van der Waals surface area (Å²) < 4.78 is 7.83. The molecule has 4 nitrogen and oxygen atoms in total. The first-order valence-corrected chi connectivity index (χ1v) is 6.62. The topological polar surface area (TPSA) is 39.1 Å². The van der Waals surface area contributed by atoms with Gasteiger partial charge in [-0.3, -0.25) is 0 Å². The van der Waals surface area contributed by atoms with E-state index in [1.54, 1.807) is 0 Å². The minimum atomic E-state index is 0.347. The quantitative estimate of drug-likeness (QED) is 0.871. The maximum absolute atomic E-state index is 5.52. The zero-order chi connectivity index (χ0) is 11.8. The number of methoxy groups -OCH3 is 1. The zero-order valence-electron chi connectivity index (χ0n) is 10.6. The van der Waals surface area contributed by atoms with Crippen molar-refractivity contribution in [2.75, 3.05) is 12.4 Å². The molecule has 3 rings (SSSR count). The van der Waals surface area contributed by atoms with Crippen LogP contribution in [0.1, 0.15) is 43.8 Å². The summed E-state index contributed by atoms with van der Waals surface area (Å²) in [7, 11) is 1.81. The van der Waals surface area contributed by atoms with Gasteiger partial charge >= 0.3 is 0 Å². The van der Waals surface area contributed by atoms with Crippen LogP contribution in [0.2, 0.25) is 0 Å². The molecule has 94 valence electrons. The van der Waals surface area contributed by atoms with Crippen molar-refractivity contribution in [3.63, 3.8) is 0 Å². The number of aryl methyl sites for hydroxylation is 1. The molecule has 0 aromatic carbocycles. The lowest BCUT2D eigenvalue weighted by Gasteiger charge is -2.20. The van der Waals surface area contributed by atoms with E-state index in [1.807, 2.05) is 7.11 Å². The molecule has 1 heterocycles. The standard InChI is InChI=1S/C13H21N3O/c1-9-8-16(10-6-7-10)13(14-9)15-11-4-3-5-12(11)17-2/h8,10-12H,3-7H2,1-2H3,(H,14,15). The molecule has 4 heteroatoms. The molecule has 1 aromatic heterocycles. The Hall–Kier alpha value is -1.03. The molecule has 0 amide bonds. The van der Waals surface area contributed by atoms with E-state index in [9.17, 15) is 0 Å². The Balaban J connectivity index is 1.75. The lowest BCUT2D eigenvalue weighted by molar-refractivity contribution is 0.101. The summed E-state index contributed by atoms with van der Waals surface area (Å²) in [6.45, 7) is 2.06. The van der Waals surface area contributed by atoms with Gasteiger partial charge in [-0.25, -0.2) is 4.98 Å². The van der Waals surface area contributed by atoms with E-state index in [4.69, 9.17) is 4.74 Å². The van der Waals surface area contributed by atoms with Crippen molar-refractivity contribution in [3.05, 3.63) is 11.9 Å². The Bertz CT molecular complexity index is 397. The van der Waals surface area contributed by atoms with Crippen molar-refractivity contribution in [3.8, 4) is 0 Å². The van der Waals surface area contributed by atoms with E-state index < -0.39 is 0 Å². The highest BCUT2D eigenvalue weighted by molar-refractivity contribution is 5.33. The van der Waals surface area contributed by atoms with E-state index in [1.165, 1.54) is 25.7 Å². The molecule has 0 radical (unpaired) electrons. The van der Waals surface area contributed by atoms with Gasteiger partial charge in [0.2, 0.25) is 5.95 Å². The Morgan fingerprint density at radius 1 is 1.35 bits per heavy atom. The number of hydrogen-bond acceptors (Lipinski definition) is 3. The molecule has 2 saturated carbocycles. The number of hydrogen-bond donors (Lipinski definition) is 1. The SMILES string of the molecule is COC1CCCC1Nc1nc(C)cn1C1CC1. The van der Waals surface area contributed by atoms with Crippen LogP contribution < -0.4 is 5.32 Å². The normalized spacial score (nSPS) is 28.6. The van der Waals surface area contributed by atoms with Crippen LogP contribution in [0.25, 0.3) is 0 Å². The van der Waals surface area contributed by atoms with Gasteiger partial charge in [0, 0.05) is 19.3 Å². The summed E-state index contributed by atoms with van der Waals surface area (Å²) in [5, 5.41) is 3.58. The third-order valence-electron chi connectivity index (χ3n) is 3.86. The predicted molar refractivity (Wildman–Crippen MR) is 67.3 cm³/mol. The number of rotatable bonds is 4. The number of anilines is 1. The van der Waals surface area contributed by atoms with Gasteiger partial charge in [0.25, 0.3) is 0 Å². The molecule has 2 fully saturated rings. The Morgan fingerprint density at radius 2 is 2.18 bits per heavy atom. The largest absolute Gasteiger partial charge is 0.379 e. The van der Waals surface area contributed by atoms with E-state index in [-0.39, 0.29) is 0 Å². The van der Waals surface area contributed by atoms with Crippen molar-refractivity contribution in [2.24, 2.45) is 0 Å². The fourth-order valence-electron chi connectivity index (χ4n) is 2.79. The van der Waals surface area contributed by atoms with Crippen LogP contribution >= 0.6 is 0 Å². The fourth-order valence-corrected chi connectivity index (χ4v) is 2.79. The van der Waals surface area contributed by atoms with Crippen LogP contribution in [-0.4, -0.2) is 28.8 Å². The average molecular weight is 235 g/mol. The monoisotopic (exact) mass is 235 g/mol. The van der Waals surface area contributed by atoms with Crippen molar-refractivity contribution < 1.29 is 4.74 Å². The molecular formula is C13H21N3O. The number of nitrogens with one attached hydrogen (secondary N) is 1. The molecule has 0 aliphatic heterocycles. The van der Waals surface area contributed by atoms with Crippen molar-refractivity contribution in [2.45, 2.75) is 57.2 Å². The molecule has 1 aromatic rings. The second kappa shape index (κ2) is 4.33. The molecule has 1 N–H and O–H groups in total. The zero-order valence-corrected chi connectivity index (χ0v) is 10.6. The van der Waals surface area contributed by atoms with Gasteiger partial charge < -0.3 is 14.6 Å². The molecule has 0 saturated heterocycles. The highest BCUT2D eigenvalue weighted by Gasteiger charge is 2.31.